The molecule has 0 bridgehead atoms. The van der Waals surface area contributed by atoms with Crippen LogP contribution in [0.3, 0.4) is 0 Å². The number of rotatable bonds is 6. The van der Waals surface area contributed by atoms with Crippen molar-refractivity contribution in [2.45, 2.75) is 44.2 Å². The molecular weight excluding hydrogens is 422 g/mol. The van der Waals surface area contributed by atoms with E-state index in [0.29, 0.717) is 49.0 Å². The van der Waals surface area contributed by atoms with Crippen molar-refractivity contribution in [1.82, 2.24) is 20.5 Å². The quantitative estimate of drug-likeness (QED) is 0.573. The van der Waals surface area contributed by atoms with Gasteiger partial charge in [-0.2, -0.15) is 5.26 Å². The van der Waals surface area contributed by atoms with Gasteiger partial charge in [-0.1, -0.05) is 6.07 Å². The second-order valence-electron chi connectivity index (χ2n) is 9.51. The largest absolute Gasteiger partial charge is 0.356 e. The number of amides is 3. The van der Waals surface area contributed by atoms with Crippen LogP contribution in [0.2, 0.25) is 0 Å². The molecule has 0 unspecified atom stereocenters. The second-order valence-corrected chi connectivity index (χ2v) is 9.51. The number of H-pyrrole nitrogens is 1. The van der Waals surface area contributed by atoms with Gasteiger partial charge >= 0.3 is 0 Å². The molecule has 170 valence electrons. The molecule has 9 heteroatoms. The van der Waals surface area contributed by atoms with Gasteiger partial charge in [-0.3, -0.25) is 14.4 Å². The van der Waals surface area contributed by atoms with Crippen molar-refractivity contribution < 1.29 is 19.2 Å². The molecule has 1 aliphatic carbocycles. The van der Waals surface area contributed by atoms with Gasteiger partial charge < -0.3 is 25.3 Å². The van der Waals surface area contributed by atoms with E-state index in [-0.39, 0.29) is 35.5 Å². The molecule has 1 aromatic carbocycles. The van der Waals surface area contributed by atoms with Crippen LogP contribution in [0.1, 0.15) is 48.2 Å². The average Bonchev–Trinajstić information content (AvgIpc) is 3.13. The highest BCUT2D eigenvalue weighted by atomic mass is 16.2. The first kappa shape index (κ1) is 21.2. The average molecular weight is 447 g/mol. The number of hydrogen-bond donors (Lipinski definition) is 3. The van der Waals surface area contributed by atoms with Gasteiger partial charge in [0, 0.05) is 29.9 Å². The van der Waals surface area contributed by atoms with Crippen molar-refractivity contribution >= 4 is 34.9 Å². The van der Waals surface area contributed by atoms with Crippen LogP contribution < -0.4 is 10.6 Å². The van der Waals surface area contributed by atoms with Crippen molar-refractivity contribution in [3.05, 3.63) is 35.5 Å². The molecule has 33 heavy (non-hydrogen) atoms. The number of fused-ring (bicyclic) bond motifs is 1. The highest BCUT2D eigenvalue weighted by Crippen LogP contribution is 2.55. The van der Waals surface area contributed by atoms with Crippen LogP contribution in [0, 0.1) is 22.7 Å². The van der Waals surface area contributed by atoms with Crippen LogP contribution in [0.15, 0.2) is 24.3 Å². The Hall–Kier alpha value is -3.67. The number of nitriles is 1. The maximum absolute atomic E-state index is 13.4. The smallest absolute Gasteiger partial charge is 0.271 e. The van der Waals surface area contributed by atoms with Gasteiger partial charge in [-0.05, 0) is 55.7 Å². The number of hydrogen-bond acceptors (Lipinski definition) is 5. The monoisotopic (exact) mass is 447 g/mol. The van der Waals surface area contributed by atoms with Crippen LogP contribution in [0.5, 0.6) is 0 Å². The Labute approximate surface area is 190 Å². The van der Waals surface area contributed by atoms with Crippen LogP contribution in [0.4, 0.5) is 0 Å². The summed E-state index contributed by atoms with van der Waals surface area (Å²) in [6.07, 6.45) is 4.08. The molecule has 0 radical (unpaired) electrons. The molecule has 1 aromatic heterocycles. The zero-order valence-electron chi connectivity index (χ0n) is 18.1. The summed E-state index contributed by atoms with van der Waals surface area (Å²) in [5, 5.41) is 15.4. The highest BCUT2D eigenvalue weighted by molar-refractivity contribution is 6.01. The van der Waals surface area contributed by atoms with Crippen molar-refractivity contribution in [2.75, 3.05) is 13.1 Å². The molecule has 3 atom stereocenters. The van der Waals surface area contributed by atoms with Crippen LogP contribution in [0.25, 0.3) is 10.9 Å². The van der Waals surface area contributed by atoms with Crippen LogP contribution in [-0.4, -0.2) is 59.1 Å². The first-order valence-electron chi connectivity index (χ1n) is 11.3. The number of benzene rings is 1. The van der Waals surface area contributed by atoms with Gasteiger partial charge in [0.15, 0.2) is 0 Å². The van der Waals surface area contributed by atoms with Crippen LogP contribution in [-0.2, 0) is 14.4 Å². The fourth-order valence-electron chi connectivity index (χ4n) is 5.11. The molecule has 1 saturated carbocycles. The lowest BCUT2D eigenvalue weighted by atomic mass is 9.98. The minimum Gasteiger partial charge on any atom is -0.356 e. The van der Waals surface area contributed by atoms with Crippen molar-refractivity contribution in [2.24, 2.45) is 11.3 Å². The Bertz CT molecular complexity index is 1190. The van der Waals surface area contributed by atoms with E-state index in [1.165, 1.54) is 0 Å². The topological polar surface area (TPSA) is 135 Å². The summed E-state index contributed by atoms with van der Waals surface area (Å²) in [7, 11) is 0. The number of likely N-dealkylation sites (tertiary alicyclic amines) is 1. The predicted octanol–water partition coefficient (Wildman–Crippen LogP) is 1.24. The molecule has 3 amide bonds. The van der Waals surface area contributed by atoms with E-state index in [1.54, 1.807) is 29.2 Å². The lowest BCUT2D eigenvalue weighted by molar-refractivity contribution is -0.128. The summed E-state index contributed by atoms with van der Waals surface area (Å²) in [5.41, 5.74) is 1.52. The van der Waals surface area contributed by atoms with Gasteiger partial charge in [0.2, 0.25) is 11.8 Å². The number of carbonyl (C=O) groups excluding carboxylic acids is 4. The summed E-state index contributed by atoms with van der Waals surface area (Å²) in [4.78, 5) is 54.7. The normalized spacial score (nSPS) is 23.8. The van der Waals surface area contributed by atoms with E-state index in [0.717, 1.165) is 18.2 Å². The maximum Gasteiger partial charge on any atom is 0.271 e. The maximum atomic E-state index is 13.4. The summed E-state index contributed by atoms with van der Waals surface area (Å²) in [6.45, 7) is 1.08. The molecule has 3 N–H and O–H groups in total. The van der Waals surface area contributed by atoms with E-state index in [2.05, 4.69) is 21.7 Å². The molecule has 3 heterocycles. The number of nitrogens with zero attached hydrogens (tertiary/aromatic N) is 2. The lowest BCUT2D eigenvalue weighted by Crippen LogP contribution is -2.49. The van der Waals surface area contributed by atoms with E-state index in [4.69, 9.17) is 5.26 Å². The third-order valence-corrected chi connectivity index (χ3v) is 7.20. The Morgan fingerprint density at radius 2 is 2.15 bits per heavy atom. The third kappa shape index (κ3) is 3.97. The molecule has 2 aromatic rings. The van der Waals surface area contributed by atoms with Gasteiger partial charge in [0.25, 0.3) is 5.91 Å². The molecule has 1 spiro atoms. The van der Waals surface area contributed by atoms with Crippen molar-refractivity contribution in [1.29, 1.82) is 5.26 Å². The first-order valence-corrected chi connectivity index (χ1v) is 11.3. The molecule has 5 rings (SSSR count). The number of aldehydes is 1. The molecule has 9 nitrogen and oxygen atoms in total. The number of aromatic nitrogens is 1. The zero-order chi connectivity index (χ0) is 23.2. The Morgan fingerprint density at radius 1 is 1.33 bits per heavy atom. The Balaban J connectivity index is 1.34. The molecule has 2 saturated heterocycles. The standard InChI is InChI=1S/C24H25N5O4/c25-11-14-1-2-15-9-19(28-18(15)7-14)23(33)29-13-24(4-5-24)10-20(29)22(32)27-17(12-30)8-16-3-6-26-21(16)31/h1-2,7,9,12,16-17,20,28H,3-6,8,10,13H2,(H,26,31)(H,27,32)/t16-,17-,20-/m0/s1. The molecule has 3 fully saturated rings. The first-order chi connectivity index (χ1) is 15.9. The molecular formula is C24H25N5O4. The number of carbonyl (C=O) groups is 4. The van der Waals surface area contributed by atoms with Gasteiger partial charge in [0.05, 0.1) is 17.7 Å². The minimum absolute atomic E-state index is 0.0281. The Kier molecular flexibility index (Phi) is 5.16. The number of aromatic amines is 1. The summed E-state index contributed by atoms with van der Waals surface area (Å²) < 4.78 is 0. The zero-order valence-corrected chi connectivity index (χ0v) is 18.1. The summed E-state index contributed by atoms with van der Waals surface area (Å²) >= 11 is 0. The van der Waals surface area contributed by atoms with Crippen molar-refractivity contribution in [3.63, 3.8) is 0 Å². The van der Waals surface area contributed by atoms with E-state index in [9.17, 15) is 19.2 Å². The SMILES string of the molecule is N#Cc1ccc2cc(C(=O)N3CC4(CC4)C[C@H]3C(=O)N[C@H](C=O)C[C@@H]3CCNC3=O)[nH]c2c1. The fraction of sp³-hybridized carbons (Fsp3) is 0.458. The molecule has 2 aliphatic heterocycles. The van der Waals surface area contributed by atoms with Crippen molar-refractivity contribution in [3.8, 4) is 6.07 Å². The Morgan fingerprint density at radius 3 is 2.82 bits per heavy atom. The van der Waals surface area contributed by atoms with Crippen LogP contribution >= 0.6 is 0 Å². The number of nitrogens with one attached hydrogen (secondary N) is 3. The van der Waals surface area contributed by atoms with E-state index < -0.39 is 12.1 Å². The summed E-state index contributed by atoms with van der Waals surface area (Å²) in [5.74, 6) is -1.01. The molecule has 3 aliphatic rings. The van der Waals surface area contributed by atoms with Gasteiger partial charge in [-0.15, -0.1) is 0 Å². The van der Waals surface area contributed by atoms with Gasteiger partial charge in [-0.25, -0.2) is 0 Å². The second kappa shape index (κ2) is 8.03. The highest BCUT2D eigenvalue weighted by Gasteiger charge is 2.55. The third-order valence-electron chi connectivity index (χ3n) is 7.20. The predicted molar refractivity (Wildman–Crippen MR) is 118 cm³/mol. The van der Waals surface area contributed by atoms with E-state index >= 15 is 0 Å². The van der Waals surface area contributed by atoms with Gasteiger partial charge in [0.1, 0.15) is 18.0 Å². The minimum atomic E-state index is -0.767. The summed E-state index contributed by atoms with van der Waals surface area (Å²) in [6, 6.07) is 7.55. The lowest BCUT2D eigenvalue weighted by Gasteiger charge is -2.25. The van der Waals surface area contributed by atoms with E-state index in [1.807, 2.05) is 0 Å². The fourth-order valence-corrected chi connectivity index (χ4v) is 5.11.